The first kappa shape index (κ1) is 16.9. The molecule has 1 unspecified atom stereocenters. The average molecular weight is 317 g/mol. The Morgan fingerprint density at radius 2 is 1.68 bits per heavy atom. The van der Waals surface area contributed by atoms with E-state index in [1.54, 1.807) is 24.3 Å². The molecule has 2 aromatic carbocycles. The van der Waals surface area contributed by atoms with Gasteiger partial charge in [-0.3, -0.25) is 0 Å². The summed E-state index contributed by atoms with van der Waals surface area (Å²) in [6.45, 7) is 1.75. The van der Waals surface area contributed by atoms with Gasteiger partial charge in [-0.05, 0) is 61.5 Å². The monoisotopic (exact) mass is 317 g/mol. The van der Waals surface area contributed by atoms with Gasteiger partial charge in [0.15, 0.2) is 0 Å². The van der Waals surface area contributed by atoms with Crippen molar-refractivity contribution in [3.63, 3.8) is 0 Å². The molecule has 4 heteroatoms. The Kier molecular flexibility index (Phi) is 7.30. The smallest absolute Gasteiger partial charge is 0.115 e. The van der Waals surface area contributed by atoms with E-state index in [1.807, 2.05) is 17.8 Å². The molecule has 0 aliphatic carbocycles. The number of thioether (sulfide) groups is 1. The molecular formula is C18H23NO2S. The van der Waals surface area contributed by atoms with Gasteiger partial charge < -0.3 is 15.5 Å². The average Bonchev–Trinajstić information content (AvgIpc) is 2.55. The van der Waals surface area contributed by atoms with Crippen LogP contribution < -0.4 is 5.32 Å². The fourth-order valence-electron chi connectivity index (χ4n) is 2.13. The van der Waals surface area contributed by atoms with E-state index >= 15 is 0 Å². The van der Waals surface area contributed by atoms with Gasteiger partial charge in [-0.25, -0.2) is 0 Å². The molecule has 0 aromatic heterocycles. The molecule has 2 aromatic rings. The Balaban J connectivity index is 1.53. The molecule has 0 amide bonds. The molecule has 1 atom stereocenters. The van der Waals surface area contributed by atoms with Crippen LogP contribution in [0.2, 0.25) is 0 Å². The van der Waals surface area contributed by atoms with E-state index in [0.717, 1.165) is 30.8 Å². The molecule has 0 saturated carbocycles. The SMILES string of the molecule is Oc1ccc(C(O)CCNCCCSc2ccccc2)cc1. The molecule has 0 aliphatic rings. The maximum atomic E-state index is 10.0. The van der Waals surface area contributed by atoms with E-state index in [2.05, 4.69) is 29.6 Å². The number of benzene rings is 2. The molecule has 0 bridgehead atoms. The standard InChI is InChI=1S/C18H23NO2S/c20-16-9-7-15(8-10-16)18(21)11-13-19-12-4-14-22-17-5-2-1-3-6-17/h1-3,5-10,18-21H,4,11-14H2. The summed E-state index contributed by atoms with van der Waals surface area (Å²) in [6.07, 6.45) is 1.30. The zero-order valence-electron chi connectivity index (χ0n) is 12.6. The number of phenolic OH excluding ortho intramolecular Hbond substituents is 1. The van der Waals surface area contributed by atoms with Crippen molar-refractivity contribution >= 4 is 11.8 Å². The fourth-order valence-corrected chi connectivity index (χ4v) is 3.00. The van der Waals surface area contributed by atoms with Crippen LogP contribution in [-0.4, -0.2) is 29.1 Å². The predicted octanol–water partition coefficient (Wildman–Crippen LogP) is 3.59. The third kappa shape index (κ3) is 6.10. The highest BCUT2D eigenvalue weighted by molar-refractivity contribution is 7.99. The summed E-state index contributed by atoms with van der Waals surface area (Å²) in [7, 11) is 0. The van der Waals surface area contributed by atoms with Crippen LogP contribution in [0.25, 0.3) is 0 Å². The van der Waals surface area contributed by atoms with E-state index in [1.165, 1.54) is 4.90 Å². The van der Waals surface area contributed by atoms with Crippen molar-refractivity contribution in [3.05, 3.63) is 60.2 Å². The number of hydrogen-bond acceptors (Lipinski definition) is 4. The van der Waals surface area contributed by atoms with Crippen LogP contribution >= 0.6 is 11.8 Å². The van der Waals surface area contributed by atoms with Crippen LogP contribution in [0.15, 0.2) is 59.5 Å². The van der Waals surface area contributed by atoms with Gasteiger partial charge in [0, 0.05) is 4.90 Å². The summed E-state index contributed by atoms with van der Waals surface area (Å²) >= 11 is 1.87. The number of rotatable bonds is 9. The molecule has 0 radical (unpaired) electrons. The first-order chi connectivity index (χ1) is 10.8. The lowest BCUT2D eigenvalue weighted by Crippen LogP contribution is -2.19. The second-order valence-electron chi connectivity index (χ2n) is 5.16. The van der Waals surface area contributed by atoms with E-state index in [-0.39, 0.29) is 5.75 Å². The van der Waals surface area contributed by atoms with E-state index in [9.17, 15) is 10.2 Å². The van der Waals surface area contributed by atoms with E-state index in [0.29, 0.717) is 6.42 Å². The van der Waals surface area contributed by atoms with Gasteiger partial charge in [0.05, 0.1) is 6.10 Å². The molecule has 22 heavy (non-hydrogen) atoms. The predicted molar refractivity (Wildman–Crippen MR) is 92.3 cm³/mol. The Labute approximate surface area is 136 Å². The number of aliphatic hydroxyl groups is 1. The van der Waals surface area contributed by atoms with E-state index < -0.39 is 6.10 Å². The molecule has 118 valence electrons. The Morgan fingerprint density at radius 1 is 0.955 bits per heavy atom. The van der Waals surface area contributed by atoms with Gasteiger partial charge in [-0.1, -0.05) is 30.3 Å². The first-order valence-corrected chi connectivity index (χ1v) is 8.60. The van der Waals surface area contributed by atoms with E-state index in [4.69, 9.17) is 0 Å². The number of aromatic hydroxyl groups is 1. The lowest BCUT2D eigenvalue weighted by molar-refractivity contribution is 0.167. The number of aliphatic hydroxyl groups excluding tert-OH is 1. The maximum Gasteiger partial charge on any atom is 0.115 e. The fraction of sp³-hybridized carbons (Fsp3) is 0.333. The molecule has 2 rings (SSSR count). The van der Waals surface area contributed by atoms with Crippen LogP contribution in [0.5, 0.6) is 5.75 Å². The van der Waals surface area contributed by atoms with Crippen molar-refractivity contribution in [2.45, 2.75) is 23.8 Å². The molecule has 3 nitrogen and oxygen atoms in total. The van der Waals surface area contributed by atoms with Gasteiger partial charge >= 0.3 is 0 Å². The second kappa shape index (κ2) is 9.51. The Morgan fingerprint density at radius 3 is 2.41 bits per heavy atom. The van der Waals surface area contributed by atoms with Crippen LogP contribution in [0, 0.1) is 0 Å². The van der Waals surface area contributed by atoms with Crippen molar-refractivity contribution in [2.75, 3.05) is 18.8 Å². The summed E-state index contributed by atoms with van der Waals surface area (Å²) in [4.78, 5) is 1.31. The van der Waals surface area contributed by atoms with Crippen LogP contribution in [0.1, 0.15) is 24.5 Å². The molecule has 0 spiro atoms. The van der Waals surface area contributed by atoms with Gasteiger partial charge in [0.25, 0.3) is 0 Å². The van der Waals surface area contributed by atoms with Gasteiger partial charge in [0.2, 0.25) is 0 Å². The zero-order chi connectivity index (χ0) is 15.6. The van der Waals surface area contributed by atoms with Gasteiger partial charge in [0.1, 0.15) is 5.75 Å². The molecule has 0 saturated heterocycles. The minimum Gasteiger partial charge on any atom is -0.508 e. The lowest BCUT2D eigenvalue weighted by atomic mass is 10.1. The third-order valence-electron chi connectivity index (χ3n) is 3.38. The van der Waals surface area contributed by atoms with Crippen LogP contribution in [-0.2, 0) is 0 Å². The highest BCUT2D eigenvalue weighted by Gasteiger charge is 2.06. The largest absolute Gasteiger partial charge is 0.508 e. The minimum atomic E-state index is -0.480. The van der Waals surface area contributed by atoms with Gasteiger partial charge in [-0.15, -0.1) is 11.8 Å². The lowest BCUT2D eigenvalue weighted by Gasteiger charge is -2.11. The topological polar surface area (TPSA) is 52.5 Å². The quantitative estimate of drug-likeness (QED) is 0.489. The molecule has 0 fully saturated rings. The maximum absolute atomic E-state index is 10.0. The van der Waals surface area contributed by atoms with Crippen molar-refractivity contribution in [1.29, 1.82) is 0 Å². The van der Waals surface area contributed by atoms with Gasteiger partial charge in [-0.2, -0.15) is 0 Å². The minimum absolute atomic E-state index is 0.227. The number of hydrogen-bond donors (Lipinski definition) is 3. The zero-order valence-corrected chi connectivity index (χ0v) is 13.4. The summed E-state index contributed by atoms with van der Waals surface area (Å²) in [5.74, 6) is 1.32. The van der Waals surface area contributed by atoms with Crippen LogP contribution in [0.3, 0.4) is 0 Å². The van der Waals surface area contributed by atoms with Crippen molar-refractivity contribution in [3.8, 4) is 5.75 Å². The van der Waals surface area contributed by atoms with Crippen molar-refractivity contribution in [1.82, 2.24) is 5.32 Å². The summed E-state index contributed by atoms with van der Waals surface area (Å²) in [5.41, 5.74) is 0.847. The highest BCUT2D eigenvalue weighted by Crippen LogP contribution is 2.19. The molecule has 0 heterocycles. The first-order valence-electron chi connectivity index (χ1n) is 7.61. The van der Waals surface area contributed by atoms with Crippen LogP contribution in [0.4, 0.5) is 0 Å². The molecular weight excluding hydrogens is 294 g/mol. The number of nitrogens with one attached hydrogen (secondary N) is 1. The summed E-state index contributed by atoms with van der Waals surface area (Å²) < 4.78 is 0. The summed E-state index contributed by atoms with van der Waals surface area (Å²) in [5, 5.41) is 22.6. The molecule has 3 N–H and O–H groups in total. The summed E-state index contributed by atoms with van der Waals surface area (Å²) in [6, 6.07) is 17.1. The third-order valence-corrected chi connectivity index (χ3v) is 4.48. The number of phenols is 1. The van der Waals surface area contributed by atoms with Crippen molar-refractivity contribution in [2.24, 2.45) is 0 Å². The molecule has 0 aliphatic heterocycles. The normalized spacial score (nSPS) is 12.2. The Hall–Kier alpha value is -1.49. The highest BCUT2D eigenvalue weighted by atomic mass is 32.2. The second-order valence-corrected chi connectivity index (χ2v) is 6.33. The Bertz CT molecular complexity index is 531. The van der Waals surface area contributed by atoms with Crippen molar-refractivity contribution < 1.29 is 10.2 Å².